The van der Waals surface area contributed by atoms with Gasteiger partial charge in [-0.25, -0.2) is 0 Å². The molecule has 0 aliphatic carbocycles. The predicted octanol–water partition coefficient (Wildman–Crippen LogP) is 0.437. The number of nitrogens with zero attached hydrogens (tertiary/aromatic N) is 3. The minimum Gasteiger partial charge on any atom is -0.329 e. The molecular weight excluding hydrogens is 224 g/mol. The molecule has 2 heterocycles. The molecule has 106 valence electrons. The number of nitrogens with two attached hydrogens (primary N) is 1. The first-order valence-electron chi connectivity index (χ1n) is 7.68. The van der Waals surface area contributed by atoms with Gasteiger partial charge in [0, 0.05) is 38.8 Å². The second kappa shape index (κ2) is 7.43. The highest BCUT2D eigenvalue weighted by Crippen LogP contribution is 2.09. The largest absolute Gasteiger partial charge is 0.329 e. The maximum atomic E-state index is 5.73. The summed E-state index contributed by atoms with van der Waals surface area (Å²) in [6.07, 6.45) is 4.16. The van der Waals surface area contributed by atoms with Crippen molar-refractivity contribution in [1.29, 1.82) is 0 Å². The van der Waals surface area contributed by atoms with Crippen LogP contribution in [0.3, 0.4) is 0 Å². The summed E-state index contributed by atoms with van der Waals surface area (Å²) in [5.41, 5.74) is 5.73. The molecule has 0 saturated carbocycles. The lowest BCUT2D eigenvalue weighted by Gasteiger charge is -2.37. The van der Waals surface area contributed by atoms with Gasteiger partial charge in [-0.05, 0) is 52.4 Å². The zero-order valence-electron chi connectivity index (χ0n) is 12.0. The van der Waals surface area contributed by atoms with Gasteiger partial charge in [-0.1, -0.05) is 0 Å². The Labute approximate surface area is 112 Å². The van der Waals surface area contributed by atoms with Crippen molar-refractivity contribution < 1.29 is 0 Å². The first-order chi connectivity index (χ1) is 8.79. The van der Waals surface area contributed by atoms with E-state index in [2.05, 4.69) is 21.6 Å². The number of rotatable bonds is 6. The standard InChI is InChI=1S/C14H30N4/c1-14(13-15)18-11-9-17(10-12-18)8-4-7-16-5-2-3-6-16/h14H,2-13,15H2,1H3. The van der Waals surface area contributed by atoms with Crippen molar-refractivity contribution >= 4 is 0 Å². The van der Waals surface area contributed by atoms with E-state index >= 15 is 0 Å². The molecule has 18 heavy (non-hydrogen) atoms. The summed E-state index contributed by atoms with van der Waals surface area (Å²) in [5.74, 6) is 0. The van der Waals surface area contributed by atoms with E-state index < -0.39 is 0 Å². The molecule has 2 aliphatic rings. The number of hydrogen-bond donors (Lipinski definition) is 1. The van der Waals surface area contributed by atoms with Gasteiger partial charge in [-0.2, -0.15) is 0 Å². The van der Waals surface area contributed by atoms with Crippen LogP contribution in [-0.4, -0.2) is 79.6 Å². The van der Waals surface area contributed by atoms with E-state index in [1.54, 1.807) is 0 Å². The number of likely N-dealkylation sites (tertiary alicyclic amines) is 1. The predicted molar refractivity (Wildman–Crippen MR) is 76.8 cm³/mol. The van der Waals surface area contributed by atoms with Gasteiger partial charge < -0.3 is 15.5 Å². The molecule has 0 bridgehead atoms. The molecule has 2 N–H and O–H groups in total. The van der Waals surface area contributed by atoms with Crippen molar-refractivity contribution in [1.82, 2.24) is 14.7 Å². The van der Waals surface area contributed by atoms with Gasteiger partial charge in [0.1, 0.15) is 0 Å². The Balaban J connectivity index is 1.55. The van der Waals surface area contributed by atoms with Crippen LogP contribution in [0.5, 0.6) is 0 Å². The lowest BCUT2D eigenvalue weighted by molar-refractivity contribution is 0.102. The molecule has 1 atom stereocenters. The Morgan fingerprint density at radius 1 is 0.889 bits per heavy atom. The lowest BCUT2D eigenvalue weighted by Crippen LogP contribution is -2.51. The fourth-order valence-corrected chi connectivity index (χ4v) is 3.10. The third kappa shape index (κ3) is 4.19. The van der Waals surface area contributed by atoms with Crippen molar-refractivity contribution in [3.63, 3.8) is 0 Å². The van der Waals surface area contributed by atoms with Gasteiger partial charge in [-0.15, -0.1) is 0 Å². The first kappa shape index (κ1) is 14.3. The van der Waals surface area contributed by atoms with Crippen molar-refractivity contribution in [3.05, 3.63) is 0 Å². The summed E-state index contributed by atoms with van der Waals surface area (Å²) in [6, 6.07) is 0.553. The van der Waals surface area contributed by atoms with Crippen LogP contribution in [0.15, 0.2) is 0 Å². The highest BCUT2D eigenvalue weighted by Gasteiger charge is 2.20. The molecule has 4 nitrogen and oxygen atoms in total. The van der Waals surface area contributed by atoms with Crippen molar-refractivity contribution in [2.24, 2.45) is 5.73 Å². The van der Waals surface area contributed by atoms with E-state index in [-0.39, 0.29) is 0 Å². The average Bonchev–Trinajstić information content (AvgIpc) is 2.92. The zero-order chi connectivity index (χ0) is 12.8. The molecule has 0 aromatic carbocycles. The van der Waals surface area contributed by atoms with Gasteiger partial charge in [0.15, 0.2) is 0 Å². The van der Waals surface area contributed by atoms with Crippen LogP contribution < -0.4 is 5.73 Å². The van der Waals surface area contributed by atoms with Crippen LogP contribution >= 0.6 is 0 Å². The van der Waals surface area contributed by atoms with E-state index in [9.17, 15) is 0 Å². The van der Waals surface area contributed by atoms with Gasteiger partial charge in [0.25, 0.3) is 0 Å². The smallest absolute Gasteiger partial charge is 0.0191 e. The van der Waals surface area contributed by atoms with E-state index in [1.165, 1.54) is 71.6 Å². The molecule has 2 aliphatic heterocycles. The monoisotopic (exact) mass is 254 g/mol. The molecule has 0 spiro atoms. The third-order valence-electron chi connectivity index (χ3n) is 4.52. The van der Waals surface area contributed by atoms with E-state index in [4.69, 9.17) is 5.73 Å². The Morgan fingerprint density at radius 3 is 2.00 bits per heavy atom. The first-order valence-corrected chi connectivity index (χ1v) is 7.68. The summed E-state index contributed by atoms with van der Waals surface area (Å²) in [5, 5.41) is 0. The summed E-state index contributed by atoms with van der Waals surface area (Å²) in [6.45, 7) is 13.1. The molecule has 2 fully saturated rings. The maximum absolute atomic E-state index is 5.73. The van der Waals surface area contributed by atoms with Crippen LogP contribution in [0, 0.1) is 0 Å². The Morgan fingerprint density at radius 2 is 1.44 bits per heavy atom. The molecular formula is C14H30N4. The fraction of sp³-hybridized carbons (Fsp3) is 1.00. The minimum atomic E-state index is 0.553. The fourth-order valence-electron chi connectivity index (χ4n) is 3.10. The lowest BCUT2D eigenvalue weighted by atomic mass is 10.2. The third-order valence-corrected chi connectivity index (χ3v) is 4.52. The highest BCUT2D eigenvalue weighted by atomic mass is 15.3. The van der Waals surface area contributed by atoms with Crippen LogP contribution in [-0.2, 0) is 0 Å². The molecule has 1 unspecified atom stereocenters. The molecule has 0 aromatic heterocycles. The maximum Gasteiger partial charge on any atom is 0.0191 e. The Bertz CT molecular complexity index is 220. The van der Waals surface area contributed by atoms with E-state index in [0.29, 0.717) is 6.04 Å². The Hall–Kier alpha value is -0.160. The summed E-state index contributed by atoms with van der Waals surface area (Å²) < 4.78 is 0. The SMILES string of the molecule is CC(CN)N1CCN(CCCN2CCCC2)CC1. The van der Waals surface area contributed by atoms with Gasteiger partial charge in [0.05, 0.1) is 0 Å². The van der Waals surface area contributed by atoms with E-state index in [0.717, 1.165) is 6.54 Å². The van der Waals surface area contributed by atoms with Crippen LogP contribution in [0.1, 0.15) is 26.2 Å². The Kier molecular flexibility index (Phi) is 5.89. The van der Waals surface area contributed by atoms with Crippen molar-refractivity contribution in [2.45, 2.75) is 32.2 Å². The molecule has 0 amide bonds. The van der Waals surface area contributed by atoms with Crippen LogP contribution in [0.2, 0.25) is 0 Å². The second-order valence-electron chi connectivity index (χ2n) is 5.86. The van der Waals surface area contributed by atoms with Crippen LogP contribution in [0.4, 0.5) is 0 Å². The van der Waals surface area contributed by atoms with Gasteiger partial charge in [0.2, 0.25) is 0 Å². The highest BCUT2D eigenvalue weighted by molar-refractivity contribution is 4.77. The molecule has 0 radical (unpaired) electrons. The summed E-state index contributed by atoms with van der Waals surface area (Å²) in [4.78, 5) is 7.76. The summed E-state index contributed by atoms with van der Waals surface area (Å²) in [7, 11) is 0. The number of hydrogen-bond acceptors (Lipinski definition) is 4. The minimum absolute atomic E-state index is 0.553. The van der Waals surface area contributed by atoms with E-state index in [1.807, 2.05) is 0 Å². The molecule has 0 aromatic rings. The normalized spacial score (nSPS) is 25.7. The number of piperazine rings is 1. The van der Waals surface area contributed by atoms with Gasteiger partial charge in [-0.3, -0.25) is 4.90 Å². The average molecular weight is 254 g/mol. The topological polar surface area (TPSA) is 35.7 Å². The van der Waals surface area contributed by atoms with Gasteiger partial charge >= 0.3 is 0 Å². The summed E-state index contributed by atoms with van der Waals surface area (Å²) >= 11 is 0. The van der Waals surface area contributed by atoms with Crippen LogP contribution in [0.25, 0.3) is 0 Å². The molecule has 2 rings (SSSR count). The zero-order valence-corrected chi connectivity index (χ0v) is 12.0. The second-order valence-corrected chi connectivity index (χ2v) is 5.86. The quantitative estimate of drug-likeness (QED) is 0.746. The van der Waals surface area contributed by atoms with Crippen molar-refractivity contribution in [3.8, 4) is 0 Å². The molecule has 4 heteroatoms. The molecule has 2 saturated heterocycles. The van der Waals surface area contributed by atoms with Crippen molar-refractivity contribution in [2.75, 3.05) is 58.9 Å².